The summed E-state index contributed by atoms with van der Waals surface area (Å²) in [4.78, 5) is -0.503. The summed E-state index contributed by atoms with van der Waals surface area (Å²) >= 11 is 0. The van der Waals surface area contributed by atoms with Gasteiger partial charge in [-0.1, -0.05) is 60.7 Å². The van der Waals surface area contributed by atoms with Crippen LogP contribution in [-0.2, 0) is 0 Å². The quantitative estimate of drug-likeness (QED) is 0.512. The zero-order chi connectivity index (χ0) is 16.2. The minimum Gasteiger partial charge on any atom is -0.612 e. The zero-order valence-corrected chi connectivity index (χ0v) is 12.2. The van der Waals surface area contributed by atoms with E-state index in [0.717, 1.165) is 16.3 Å². The molecule has 114 valence electrons. The minimum absolute atomic E-state index is 0.118. The van der Waals surface area contributed by atoms with Crippen LogP contribution in [0.5, 0.6) is 0 Å². The summed E-state index contributed by atoms with van der Waals surface area (Å²) in [6.07, 6.45) is 9.38. The first kappa shape index (κ1) is 14.7. The fourth-order valence-corrected chi connectivity index (χ4v) is 2.50. The second-order valence-electron chi connectivity index (χ2n) is 5.06. The largest absolute Gasteiger partial charge is 0.612 e. The molecule has 0 aliphatic heterocycles. The van der Waals surface area contributed by atoms with E-state index in [1.165, 1.54) is 18.2 Å². The Morgan fingerprint density at radius 2 is 1.70 bits per heavy atom. The van der Waals surface area contributed by atoms with Crippen LogP contribution in [0.2, 0.25) is 0 Å². The number of rotatable bonds is 2. The Balaban J connectivity index is 2.02. The maximum Gasteiger partial charge on any atom is 0.233 e. The molecule has 0 saturated carbocycles. The third-order valence-electron chi connectivity index (χ3n) is 3.62. The van der Waals surface area contributed by atoms with Gasteiger partial charge in [-0.3, -0.25) is 0 Å². The second kappa shape index (κ2) is 6.23. The van der Waals surface area contributed by atoms with E-state index in [1.807, 2.05) is 42.5 Å². The van der Waals surface area contributed by atoms with Crippen molar-refractivity contribution in [1.29, 1.82) is 0 Å². The number of fused-ring (bicyclic) bond motifs is 1. The van der Waals surface area contributed by atoms with Gasteiger partial charge in [-0.15, -0.1) is 0 Å². The van der Waals surface area contributed by atoms with Gasteiger partial charge in [-0.05, 0) is 28.5 Å². The van der Waals surface area contributed by atoms with Crippen LogP contribution in [0.1, 0.15) is 5.56 Å². The maximum atomic E-state index is 11.0. The summed E-state index contributed by atoms with van der Waals surface area (Å²) < 4.78 is 0. The first-order valence-electron chi connectivity index (χ1n) is 7.12. The second-order valence-corrected chi connectivity index (χ2v) is 5.06. The summed E-state index contributed by atoms with van der Waals surface area (Å²) in [5.74, 6) is -0.134. The molecule has 0 radical (unpaired) electrons. The summed E-state index contributed by atoms with van der Waals surface area (Å²) in [6, 6.07) is 13.8. The van der Waals surface area contributed by atoms with Crippen LogP contribution in [0.4, 0.5) is 0 Å². The third-order valence-corrected chi connectivity index (χ3v) is 3.62. The molecule has 2 aromatic rings. The zero-order valence-electron chi connectivity index (χ0n) is 12.2. The molecular formula is C19H14NO3-. The van der Waals surface area contributed by atoms with Gasteiger partial charge in [-0.25, -0.2) is 0 Å². The molecule has 3 rings (SSSR count). The average molecular weight is 304 g/mol. The molecule has 0 spiro atoms. The standard InChI is InChI=1S/C19H14NO3/c21-19(17-10-3-4-11-18(17)20(22)23)13-12-15-8-5-7-14-6-1-2-9-16(14)15/h1-13H,(H-,21,22,23)/q-1/b13-12+,19-17?. The fourth-order valence-electron chi connectivity index (χ4n) is 2.50. The Morgan fingerprint density at radius 1 is 0.957 bits per heavy atom. The molecule has 0 fully saturated rings. The van der Waals surface area contributed by atoms with Crippen molar-refractivity contribution >= 4 is 22.6 Å². The Kier molecular flexibility index (Phi) is 3.97. The van der Waals surface area contributed by atoms with Crippen molar-refractivity contribution in [3.8, 4) is 0 Å². The van der Waals surface area contributed by atoms with Crippen LogP contribution in [0, 0.1) is 10.4 Å². The predicted octanol–water partition coefficient (Wildman–Crippen LogP) is 4.24. The molecule has 0 unspecified atom stereocenters. The number of hydrogen-bond acceptors (Lipinski definition) is 3. The number of benzene rings is 2. The number of aliphatic hydroxyl groups is 1. The topological polar surface area (TPSA) is 69.4 Å². The minimum atomic E-state index is -0.503. The van der Waals surface area contributed by atoms with Crippen LogP contribution in [0.25, 0.3) is 16.8 Å². The summed E-state index contributed by atoms with van der Waals surface area (Å²) in [5.41, 5.74) is 1.02. The molecule has 0 saturated heterocycles. The molecule has 4 heteroatoms. The molecule has 23 heavy (non-hydrogen) atoms. The molecule has 0 amide bonds. The maximum absolute atomic E-state index is 11.0. The van der Waals surface area contributed by atoms with Crippen molar-refractivity contribution in [2.24, 2.45) is 0 Å². The number of nitrogens with zero attached hydrogens (tertiary/aromatic N) is 1. The molecule has 1 N–H and O–H groups in total. The van der Waals surface area contributed by atoms with Crippen molar-refractivity contribution in [2.45, 2.75) is 0 Å². The lowest BCUT2D eigenvalue weighted by Gasteiger charge is -2.11. The summed E-state index contributed by atoms with van der Waals surface area (Å²) in [5, 5.41) is 34.4. The van der Waals surface area contributed by atoms with E-state index in [2.05, 4.69) is 0 Å². The highest BCUT2D eigenvalue weighted by molar-refractivity contribution is 6.09. The van der Waals surface area contributed by atoms with Gasteiger partial charge >= 0.3 is 0 Å². The molecule has 0 atom stereocenters. The Labute approximate surface area is 133 Å². The summed E-state index contributed by atoms with van der Waals surface area (Å²) in [6.45, 7) is 0. The van der Waals surface area contributed by atoms with Gasteiger partial charge in [0.25, 0.3) is 0 Å². The van der Waals surface area contributed by atoms with E-state index in [4.69, 9.17) is 0 Å². The fraction of sp³-hybridized carbons (Fsp3) is 0. The molecule has 0 aromatic heterocycles. The number of aliphatic hydroxyl groups excluding tert-OH is 1. The van der Waals surface area contributed by atoms with Crippen LogP contribution in [-0.4, -0.2) is 15.7 Å². The monoisotopic (exact) mass is 304 g/mol. The first-order chi connectivity index (χ1) is 11.2. The van der Waals surface area contributed by atoms with Crippen LogP contribution in [0.3, 0.4) is 0 Å². The van der Waals surface area contributed by atoms with Crippen molar-refractivity contribution in [2.75, 3.05) is 0 Å². The average Bonchev–Trinajstić information content (AvgIpc) is 2.59. The smallest absolute Gasteiger partial charge is 0.233 e. The molecule has 1 aliphatic carbocycles. The Morgan fingerprint density at radius 3 is 2.52 bits per heavy atom. The molecule has 0 bridgehead atoms. The van der Waals surface area contributed by atoms with Gasteiger partial charge in [-0.2, -0.15) is 4.90 Å². The third kappa shape index (κ3) is 3.01. The Hall–Kier alpha value is -3.27. The van der Waals surface area contributed by atoms with Crippen molar-refractivity contribution < 1.29 is 10.0 Å². The van der Waals surface area contributed by atoms with Gasteiger partial charge in [0.2, 0.25) is 5.71 Å². The lowest BCUT2D eigenvalue weighted by Crippen LogP contribution is -2.13. The van der Waals surface area contributed by atoms with E-state index in [1.54, 1.807) is 18.2 Å². The van der Waals surface area contributed by atoms with Gasteiger partial charge in [0.15, 0.2) is 0 Å². The van der Waals surface area contributed by atoms with Gasteiger partial charge < -0.3 is 15.5 Å². The van der Waals surface area contributed by atoms with Crippen LogP contribution in [0.15, 0.2) is 84.2 Å². The molecule has 2 aromatic carbocycles. The first-order valence-corrected chi connectivity index (χ1v) is 7.12. The lowest BCUT2D eigenvalue weighted by atomic mass is 10.0. The Bertz CT molecular complexity index is 892. The van der Waals surface area contributed by atoms with Crippen LogP contribution < -0.4 is 0 Å². The van der Waals surface area contributed by atoms with Crippen molar-refractivity contribution in [3.05, 3.63) is 100 Å². The van der Waals surface area contributed by atoms with E-state index in [-0.39, 0.29) is 17.0 Å². The van der Waals surface area contributed by atoms with E-state index in [0.29, 0.717) is 0 Å². The van der Waals surface area contributed by atoms with Gasteiger partial charge in [0, 0.05) is 6.08 Å². The lowest BCUT2D eigenvalue weighted by molar-refractivity contribution is -0.377. The van der Waals surface area contributed by atoms with Gasteiger partial charge in [0.05, 0.1) is 5.57 Å². The highest BCUT2D eigenvalue weighted by Gasteiger charge is 2.14. The predicted molar refractivity (Wildman–Crippen MR) is 92.9 cm³/mol. The normalized spacial score (nSPS) is 16.3. The van der Waals surface area contributed by atoms with Crippen LogP contribution >= 0.6 is 0 Å². The summed E-state index contributed by atoms with van der Waals surface area (Å²) in [7, 11) is 0. The SMILES string of the molecule is [O-][N+]([O-])=C1C=CC=CC1=C(O)/C=C/c1cccc2ccccc12. The molecule has 0 heterocycles. The number of allylic oxidation sites excluding steroid dienone is 6. The van der Waals surface area contributed by atoms with Crippen molar-refractivity contribution in [1.82, 2.24) is 0 Å². The highest BCUT2D eigenvalue weighted by atomic mass is 16.8. The van der Waals surface area contributed by atoms with E-state index < -0.39 is 4.90 Å². The van der Waals surface area contributed by atoms with E-state index >= 15 is 0 Å². The molecule has 1 aliphatic rings. The van der Waals surface area contributed by atoms with E-state index in [9.17, 15) is 15.5 Å². The highest BCUT2D eigenvalue weighted by Crippen LogP contribution is 2.21. The molecule has 4 nitrogen and oxygen atoms in total. The van der Waals surface area contributed by atoms with Gasteiger partial charge in [0.1, 0.15) is 5.76 Å². The van der Waals surface area contributed by atoms with Crippen molar-refractivity contribution in [3.63, 3.8) is 0 Å². The number of hydrogen-bond donors (Lipinski definition) is 1. The molecular weight excluding hydrogens is 290 g/mol.